The number of aryl methyl sites for hydroxylation is 1. The van der Waals surface area contributed by atoms with Crippen LogP contribution in [-0.2, 0) is 0 Å². The fraction of sp³-hybridized carbons (Fsp3) is 0.200. The summed E-state index contributed by atoms with van der Waals surface area (Å²) in [7, 11) is 0. The van der Waals surface area contributed by atoms with Gasteiger partial charge in [0.05, 0.1) is 28.4 Å². The summed E-state index contributed by atoms with van der Waals surface area (Å²) in [5, 5.41) is 9.65. The predicted molar refractivity (Wildman–Crippen MR) is 114 cm³/mol. The van der Waals surface area contributed by atoms with Crippen LogP contribution in [0.15, 0.2) is 41.8 Å². The SMILES string of the molecule is Cc1ccc(-c2nc3cnc4[nH]ccc4c3n2C(C=NCCCC#N)=CN)s1. The molecule has 0 bridgehead atoms. The van der Waals surface area contributed by atoms with Crippen LogP contribution in [0.5, 0.6) is 0 Å². The molecule has 0 aliphatic heterocycles. The first-order chi connectivity index (χ1) is 13.7. The molecule has 0 aromatic carbocycles. The van der Waals surface area contributed by atoms with Gasteiger partial charge in [-0.2, -0.15) is 5.26 Å². The number of fused-ring (bicyclic) bond motifs is 3. The number of imidazole rings is 1. The Morgan fingerprint density at radius 2 is 2.32 bits per heavy atom. The lowest BCUT2D eigenvalue weighted by Crippen LogP contribution is -2.04. The zero-order chi connectivity index (χ0) is 19.5. The Balaban J connectivity index is 1.90. The van der Waals surface area contributed by atoms with Gasteiger partial charge in [-0.05, 0) is 31.5 Å². The molecule has 4 rings (SSSR count). The van der Waals surface area contributed by atoms with E-state index in [4.69, 9.17) is 16.0 Å². The number of rotatable bonds is 6. The predicted octanol–water partition coefficient (Wildman–Crippen LogP) is 4.08. The minimum atomic E-state index is 0.488. The quantitative estimate of drug-likeness (QED) is 0.382. The van der Waals surface area contributed by atoms with E-state index in [1.54, 1.807) is 23.7 Å². The van der Waals surface area contributed by atoms with Crippen molar-refractivity contribution in [3.63, 3.8) is 0 Å². The number of aromatic amines is 1. The molecule has 0 amide bonds. The van der Waals surface area contributed by atoms with E-state index in [1.165, 1.54) is 11.1 Å². The molecule has 0 unspecified atom stereocenters. The normalized spacial score (nSPS) is 12.4. The highest BCUT2D eigenvalue weighted by Gasteiger charge is 2.19. The van der Waals surface area contributed by atoms with Crippen molar-refractivity contribution in [1.29, 1.82) is 5.26 Å². The highest BCUT2D eigenvalue weighted by atomic mass is 32.1. The summed E-state index contributed by atoms with van der Waals surface area (Å²) in [4.78, 5) is 19.2. The molecular formula is C20H19N7S. The molecule has 0 saturated heterocycles. The smallest absolute Gasteiger partial charge is 0.156 e. The fourth-order valence-corrected chi connectivity index (χ4v) is 3.97. The maximum absolute atomic E-state index is 8.68. The Labute approximate surface area is 165 Å². The van der Waals surface area contributed by atoms with Crippen LogP contribution in [0.25, 0.3) is 38.5 Å². The van der Waals surface area contributed by atoms with E-state index in [0.717, 1.165) is 44.9 Å². The number of nitrogens with two attached hydrogens (primary N) is 1. The molecule has 4 aromatic heterocycles. The Hall–Kier alpha value is -3.44. The maximum Gasteiger partial charge on any atom is 0.156 e. The molecule has 0 saturated carbocycles. The molecular weight excluding hydrogens is 370 g/mol. The van der Waals surface area contributed by atoms with Gasteiger partial charge in [-0.1, -0.05) is 0 Å². The second-order valence-corrected chi connectivity index (χ2v) is 7.59. The van der Waals surface area contributed by atoms with Crippen LogP contribution in [0.1, 0.15) is 17.7 Å². The Morgan fingerprint density at radius 3 is 3.07 bits per heavy atom. The van der Waals surface area contributed by atoms with Gasteiger partial charge < -0.3 is 10.7 Å². The van der Waals surface area contributed by atoms with Crippen molar-refractivity contribution < 1.29 is 0 Å². The number of nitriles is 1. The molecule has 0 atom stereocenters. The number of pyridine rings is 1. The number of hydrogen-bond acceptors (Lipinski definition) is 6. The van der Waals surface area contributed by atoms with Crippen LogP contribution in [0.3, 0.4) is 0 Å². The minimum Gasteiger partial charge on any atom is -0.403 e. The number of hydrogen-bond donors (Lipinski definition) is 2. The van der Waals surface area contributed by atoms with Gasteiger partial charge in [-0.3, -0.25) is 9.56 Å². The molecule has 7 nitrogen and oxygen atoms in total. The number of nitrogens with one attached hydrogen (secondary N) is 1. The highest BCUT2D eigenvalue weighted by molar-refractivity contribution is 7.15. The average Bonchev–Trinajstić information content (AvgIpc) is 3.41. The Bertz CT molecular complexity index is 1230. The minimum absolute atomic E-state index is 0.488. The van der Waals surface area contributed by atoms with Crippen molar-refractivity contribution >= 4 is 45.3 Å². The summed E-state index contributed by atoms with van der Waals surface area (Å²) < 4.78 is 2.03. The molecule has 8 heteroatoms. The number of thiophene rings is 1. The molecule has 4 heterocycles. The first kappa shape index (κ1) is 17.9. The molecule has 3 N–H and O–H groups in total. The number of aromatic nitrogens is 4. The van der Waals surface area contributed by atoms with Crippen molar-refractivity contribution in [2.24, 2.45) is 10.7 Å². The first-order valence-electron chi connectivity index (χ1n) is 8.93. The summed E-state index contributed by atoms with van der Waals surface area (Å²) in [6.07, 6.45) is 8.14. The van der Waals surface area contributed by atoms with Crippen LogP contribution in [0.4, 0.5) is 0 Å². The van der Waals surface area contributed by atoms with E-state index in [2.05, 4.69) is 40.1 Å². The van der Waals surface area contributed by atoms with Gasteiger partial charge in [-0.15, -0.1) is 11.3 Å². The summed E-state index contributed by atoms with van der Waals surface area (Å²) >= 11 is 1.68. The van der Waals surface area contributed by atoms with Gasteiger partial charge >= 0.3 is 0 Å². The number of aliphatic imine (C=N–C) groups is 1. The standard InChI is InChI=1S/C20H19N7S/c1-13-4-5-17(28-13)20-26-16-12-25-19-15(6-9-24-19)18(16)27(20)14(10-22)11-23-8-3-2-7-21/h4-6,9-12H,2-3,8,22H2,1H3,(H,24,25). The highest BCUT2D eigenvalue weighted by Crippen LogP contribution is 2.34. The van der Waals surface area contributed by atoms with Gasteiger partial charge in [0.2, 0.25) is 0 Å². The van der Waals surface area contributed by atoms with Gasteiger partial charge in [-0.25, -0.2) is 9.97 Å². The Morgan fingerprint density at radius 1 is 1.43 bits per heavy atom. The second-order valence-electron chi connectivity index (χ2n) is 6.30. The third kappa shape index (κ3) is 3.17. The topological polar surface area (TPSA) is 109 Å². The lowest BCUT2D eigenvalue weighted by atomic mass is 10.3. The second kappa shape index (κ2) is 7.66. The first-order valence-corrected chi connectivity index (χ1v) is 9.75. The third-order valence-electron chi connectivity index (χ3n) is 4.39. The molecule has 28 heavy (non-hydrogen) atoms. The van der Waals surface area contributed by atoms with E-state index >= 15 is 0 Å². The monoisotopic (exact) mass is 389 g/mol. The third-order valence-corrected chi connectivity index (χ3v) is 5.39. The van der Waals surface area contributed by atoms with Crippen molar-refractivity contribution in [3.05, 3.63) is 41.7 Å². The van der Waals surface area contributed by atoms with Crippen molar-refractivity contribution in [3.8, 4) is 16.8 Å². The van der Waals surface area contributed by atoms with E-state index in [1.807, 2.05) is 16.8 Å². The van der Waals surface area contributed by atoms with Crippen molar-refractivity contribution in [2.75, 3.05) is 6.54 Å². The number of H-pyrrole nitrogens is 1. The lowest BCUT2D eigenvalue weighted by Gasteiger charge is -2.09. The van der Waals surface area contributed by atoms with Crippen LogP contribution in [-0.4, -0.2) is 32.3 Å². The largest absolute Gasteiger partial charge is 0.403 e. The van der Waals surface area contributed by atoms with E-state index < -0.39 is 0 Å². The summed E-state index contributed by atoms with van der Waals surface area (Å²) in [5.41, 5.74) is 9.25. The maximum atomic E-state index is 8.68. The molecule has 4 aromatic rings. The van der Waals surface area contributed by atoms with Gasteiger partial charge in [0.15, 0.2) is 5.82 Å². The molecule has 0 radical (unpaired) electrons. The lowest BCUT2D eigenvalue weighted by molar-refractivity contribution is 0.866. The van der Waals surface area contributed by atoms with Crippen LogP contribution >= 0.6 is 11.3 Å². The molecule has 0 fully saturated rings. The number of unbranched alkanes of at least 4 members (excludes halogenated alkanes) is 1. The summed E-state index contributed by atoms with van der Waals surface area (Å²) in [6.45, 7) is 2.65. The van der Waals surface area contributed by atoms with Crippen LogP contribution in [0, 0.1) is 18.3 Å². The number of allylic oxidation sites excluding steroid dienone is 1. The summed E-state index contributed by atoms with van der Waals surface area (Å²) in [6, 6.07) is 8.27. The Kier molecular flexibility index (Phi) is 4.91. The van der Waals surface area contributed by atoms with E-state index in [-0.39, 0.29) is 0 Å². The summed E-state index contributed by atoms with van der Waals surface area (Å²) in [5.74, 6) is 0.809. The molecule has 140 valence electrons. The van der Waals surface area contributed by atoms with Gasteiger partial charge in [0.1, 0.15) is 11.2 Å². The molecule has 0 aliphatic rings. The zero-order valence-corrected chi connectivity index (χ0v) is 16.2. The van der Waals surface area contributed by atoms with E-state index in [0.29, 0.717) is 13.0 Å². The van der Waals surface area contributed by atoms with Gasteiger partial charge in [0.25, 0.3) is 0 Å². The van der Waals surface area contributed by atoms with E-state index in [9.17, 15) is 0 Å². The zero-order valence-electron chi connectivity index (χ0n) is 15.4. The number of nitrogens with zero attached hydrogens (tertiary/aromatic N) is 5. The van der Waals surface area contributed by atoms with Gasteiger partial charge in [0, 0.05) is 41.8 Å². The average molecular weight is 389 g/mol. The molecule has 0 spiro atoms. The molecule has 0 aliphatic carbocycles. The fourth-order valence-electron chi connectivity index (χ4n) is 3.12. The van der Waals surface area contributed by atoms with Crippen LogP contribution < -0.4 is 5.73 Å². The van der Waals surface area contributed by atoms with Crippen molar-refractivity contribution in [2.45, 2.75) is 19.8 Å². The van der Waals surface area contributed by atoms with Crippen LogP contribution in [0.2, 0.25) is 0 Å². The van der Waals surface area contributed by atoms with Crippen molar-refractivity contribution in [1.82, 2.24) is 19.5 Å².